The van der Waals surface area contributed by atoms with Crippen LogP contribution in [-0.2, 0) is 11.3 Å². The van der Waals surface area contributed by atoms with E-state index in [-0.39, 0.29) is 11.8 Å². The lowest BCUT2D eigenvalue weighted by Gasteiger charge is -2.36. The van der Waals surface area contributed by atoms with Gasteiger partial charge < -0.3 is 4.90 Å². The van der Waals surface area contributed by atoms with E-state index < -0.39 is 11.6 Å². The van der Waals surface area contributed by atoms with Crippen molar-refractivity contribution in [3.05, 3.63) is 47.5 Å². The summed E-state index contributed by atoms with van der Waals surface area (Å²) in [4.78, 5) is 16.4. The molecule has 1 aromatic carbocycles. The zero-order valence-corrected chi connectivity index (χ0v) is 12.5. The third-order valence-corrected chi connectivity index (χ3v) is 4.37. The smallest absolute Gasteiger partial charge is 0.226 e. The molecule has 3 nitrogen and oxygen atoms in total. The molecule has 2 aliphatic rings. The molecule has 1 fully saturated rings. The molecule has 1 aromatic rings. The Balaban J connectivity index is 1.52. The van der Waals surface area contributed by atoms with Crippen molar-refractivity contribution < 1.29 is 13.6 Å². The van der Waals surface area contributed by atoms with Gasteiger partial charge in [-0.2, -0.15) is 0 Å². The van der Waals surface area contributed by atoms with Crippen LogP contribution in [0.5, 0.6) is 0 Å². The molecular weight excluding hydrogens is 286 g/mol. The van der Waals surface area contributed by atoms with Crippen LogP contribution in [0, 0.1) is 17.6 Å². The van der Waals surface area contributed by atoms with Crippen molar-refractivity contribution in [2.24, 2.45) is 5.92 Å². The van der Waals surface area contributed by atoms with E-state index in [1.165, 1.54) is 12.1 Å². The van der Waals surface area contributed by atoms with Gasteiger partial charge in [0, 0.05) is 44.7 Å². The van der Waals surface area contributed by atoms with Gasteiger partial charge in [-0.1, -0.05) is 12.2 Å². The first-order chi connectivity index (χ1) is 10.6. The number of rotatable bonds is 3. The van der Waals surface area contributed by atoms with Crippen LogP contribution in [0.15, 0.2) is 30.4 Å². The molecule has 0 radical (unpaired) electrons. The van der Waals surface area contributed by atoms with Gasteiger partial charge in [0.15, 0.2) is 0 Å². The Kier molecular flexibility index (Phi) is 4.52. The second kappa shape index (κ2) is 6.57. The van der Waals surface area contributed by atoms with Crippen molar-refractivity contribution in [2.45, 2.75) is 19.4 Å². The summed E-state index contributed by atoms with van der Waals surface area (Å²) in [5, 5.41) is 0. The number of amides is 1. The van der Waals surface area contributed by atoms with E-state index >= 15 is 0 Å². The first kappa shape index (κ1) is 15.2. The monoisotopic (exact) mass is 306 g/mol. The highest BCUT2D eigenvalue weighted by atomic mass is 19.1. The quantitative estimate of drug-likeness (QED) is 0.801. The predicted molar refractivity (Wildman–Crippen MR) is 80.1 cm³/mol. The largest absolute Gasteiger partial charge is 0.340 e. The molecule has 118 valence electrons. The first-order valence-electron chi connectivity index (χ1n) is 7.73. The minimum atomic E-state index is -0.544. The fourth-order valence-electron chi connectivity index (χ4n) is 3.16. The SMILES string of the molecule is O=C(C1CC=CC1)N1CCN(Cc2cc(F)cc(F)c2)CC1. The number of nitrogens with zero attached hydrogens (tertiary/aromatic N) is 2. The molecule has 0 atom stereocenters. The van der Waals surface area contributed by atoms with Crippen LogP contribution < -0.4 is 0 Å². The molecule has 1 aliphatic heterocycles. The predicted octanol–water partition coefficient (Wildman–Crippen LogP) is 2.58. The van der Waals surface area contributed by atoms with Gasteiger partial charge in [0.2, 0.25) is 5.91 Å². The molecule has 3 rings (SSSR count). The highest BCUT2D eigenvalue weighted by molar-refractivity contribution is 5.79. The number of carbonyl (C=O) groups excluding carboxylic acids is 1. The Morgan fingerprint density at radius 2 is 1.59 bits per heavy atom. The molecule has 22 heavy (non-hydrogen) atoms. The summed E-state index contributed by atoms with van der Waals surface area (Å²) in [6.07, 6.45) is 5.83. The lowest BCUT2D eigenvalue weighted by atomic mass is 10.1. The fraction of sp³-hybridized carbons (Fsp3) is 0.471. The van der Waals surface area contributed by atoms with Crippen molar-refractivity contribution in [1.82, 2.24) is 9.80 Å². The van der Waals surface area contributed by atoms with Gasteiger partial charge >= 0.3 is 0 Å². The van der Waals surface area contributed by atoms with E-state index in [2.05, 4.69) is 17.1 Å². The van der Waals surface area contributed by atoms with Crippen LogP contribution in [0.2, 0.25) is 0 Å². The Hall–Kier alpha value is -1.75. The lowest BCUT2D eigenvalue weighted by molar-refractivity contribution is -0.137. The number of benzene rings is 1. The average Bonchev–Trinajstić information content (AvgIpc) is 3.00. The molecule has 0 saturated carbocycles. The molecule has 1 saturated heterocycles. The van der Waals surface area contributed by atoms with E-state index in [1.807, 2.05) is 4.90 Å². The van der Waals surface area contributed by atoms with E-state index in [1.54, 1.807) is 0 Å². The fourth-order valence-corrected chi connectivity index (χ4v) is 3.16. The summed E-state index contributed by atoms with van der Waals surface area (Å²) in [6, 6.07) is 3.62. The topological polar surface area (TPSA) is 23.6 Å². The lowest BCUT2D eigenvalue weighted by Crippen LogP contribution is -2.49. The third kappa shape index (κ3) is 3.53. The molecule has 0 N–H and O–H groups in total. The van der Waals surface area contributed by atoms with Crippen molar-refractivity contribution in [1.29, 1.82) is 0 Å². The minimum absolute atomic E-state index is 0.115. The molecular formula is C17H20F2N2O. The summed E-state index contributed by atoms with van der Waals surface area (Å²) >= 11 is 0. The number of halogens is 2. The van der Waals surface area contributed by atoms with Crippen LogP contribution in [0.1, 0.15) is 18.4 Å². The Morgan fingerprint density at radius 1 is 1.00 bits per heavy atom. The molecule has 5 heteroatoms. The van der Waals surface area contributed by atoms with Crippen molar-refractivity contribution in [3.8, 4) is 0 Å². The van der Waals surface area contributed by atoms with Gasteiger partial charge in [-0.05, 0) is 30.5 Å². The number of hydrogen-bond donors (Lipinski definition) is 0. The zero-order chi connectivity index (χ0) is 15.5. The number of hydrogen-bond acceptors (Lipinski definition) is 2. The third-order valence-electron chi connectivity index (χ3n) is 4.37. The van der Waals surface area contributed by atoms with Crippen molar-refractivity contribution >= 4 is 5.91 Å². The Bertz CT molecular complexity index is 552. The van der Waals surface area contributed by atoms with Crippen LogP contribution in [-0.4, -0.2) is 41.9 Å². The van der Waals surface area contributed by atoms with Gasteiger partial charge in [0.1, 0.15) is 11.6 Å². The standard InChI is InChI=1S/C17H20F2N2O/c18-15-9-13(10-16(19)11-15)12-20-5-7-21(8-6-20)17(22)14-3-1-2-4-14/h1-2,9-11,14H,3-8,12H2. The zero-order valence-electron chi connectivity index (χ0n) is 12.5. The van der Waals surface area contributed by atoms with Gasteiger partial charge in [-0.3, -0.25) is 9.69 Å². The van der Waals surface area contributed by atoms with E-state index in [0.29, 0.717) is 25.2 Å². The van der Waals surface area contributed by atoms with E-state index in [4.69, 9.17) is 0 Å². The first-order valence-corrected chi connectivity index (χ1v) is 7.73. The molecule has 0 bridgehead atoms. The number of piperazine rings is 1. The van der Waals surface area contributed by atoms with Gasteiger partial charge in [0.25, 0.3) is 0 Å². The average molecular weight is 306 g/mol. The van der Waals surface area contributed by atoms with E-state index in [0.717, 1.165) is 32.0 Å². The molecule has 0 aromatic heterocycles. The number of allylic oxidation sites excluding steroid dienone is 2. The van der Waals surface area contributed by atoms with Crippen molar-refractivity contribution in [3.63, 3.8) is 0 Å². The summed E-state index contributed by atoms with van der Waals surface area (Å²) in [5.74, 6) is -0.736. The second-order valence-corrected chi connectivity index (χ2v) is 6.02. The molecule has 1 aliphatic carbocycles. The highest BCUT2D eigenvalue weighted by Gasteiger charge is 2.27. The number of carbonyl (C=O) groups is 1. The molecule has 1 amide bonds. The van der Waals surface area contributed by atoms with Crippen LogP contribution in [0.4, 0.5) is 8.78 Å². The molecule has 1 heterocycles. The summed E-state index contributed by atoms with van der Waals surface area (Å²) in [5.41, 5.74) is 0.636. The van der Waals surface area contributed by atoms with Gasteiger partial charge in [-0.15, -0.1) is 0 Å². The summed E-state index contributed by atoms with van der Waals surface area (Å²) in [6.45, 7) is 3.37. The molecule has 0 unspecified atom stereocenters. The van der Waals surface area contributed by atoms with Crippen LogP contribution >= 0.6 is 0 Å². The Labute approximate surface area is 129 Å². The highest BCUT2D eigenvalue weighted by Crippen LogP contribution is 2.21. The summed E-state index contributed by atoms with van der Waals surface area (Å²) < 4.78 is 26.4. The minimum Gasteiger partial charge on any atom is -0.340 e. The van der Waals surface area contributed by atoms with Gasteiger partial charge in [-0.25, -0.2) is 8.78 Å². The van der Waals surface area contributed by atoms with Gasteiger partial charge in [0.05, 0.1) is 0 Å². The summed E-state index contributed by atoms with van der Waals surface area (Å²) in [7, 11) is 0. The molecule has 0 spiro atoms. The maximum absolute atomic E-state index is 13.2. The van der Waals surface area contributed by atoms with Crippen LogP contribution in [0.25, 0.3) is 0 Å². The normalized spacial score (nSPS) is 19.8. The van der Waals surface area contributed by atoms with E-state index in [9.17, 15) is 13.6 Å². The maximum Gasteiger partial charge on any atom is 0.226 e. The maximum atomic E-state index is 13.2. The second-order valence-electron chi connectivity index (χ2n) is 6.02. The van der Waals surface area contributed by atoms with Crippen molar-refractivity contribution in [2.75, 3.05) is 26.2 Å². The van der Waals surface area contributed by atoms with Crippen LogP contribution in [0.3, 0.4) is 0 Å². The Morgan fingerprint density at radius 3 is 2.18 bits per heavy atom.